The predicted octanol–water partition coefficient (Wildman–Crippen LogP) is 4.11. The molecule has 1 heterocycles. The molecule has 1 aromatic carbocycles. The normalized spacial score (nSPS) is 11.3. The average Bonchev–Trinajstić information content (AvgIpc) is 3.03. The van der Waals surface area contributed by atoms with Crippen LogP contribution < -0.4 is 10.6 Å². The summed E-state index contributed by atoms with van der Waals surface area (Å²) in [7, 11) is 1.74. The number of aromatic nitrogens is 2. The third-order valence-corrected chi connectivity index (χ3v) is 3.67. The summed E-state index contributed by atoms with van der Waals surface area (Å²) in [5.74, 6) is 2.45. The van der Waals surface area contributed by atoms with E-state index in [1.54, 1.807) is 13.1 Å². The molecule has 138 valence electrons. The molecule has 0 amide bonds. The van der Waals surface area contributed by atoms with E-state index in [9.17, 15) is 0 Å². The molecule has 8 heteroatoms. The van der Waals surface area contributed by atoms with Crippen LogP contribution in [0.2, 0.25) is 5.02 Å². The number of hydrogen-bond acceptors (Lipinski definition) is 4. The molecule has 0 bridgehead atoms. The van der Waals surface area contributed by atoms with Crippen molar-refractivity contribution < 1.29 is 4.52 Å². The second kappa shape index (κ2) is 11.3. The second-order valence-corrected chi connectivity index (χ2v) is 6.35. The molecule has 0 aliphatic rings. The van der Waals surface area contributed by atoms with Crippen molar-refractivity contribution in [1.29, 1.82) is 0 Å². The standard InChI is InChI=1S/C17H24ClN5O.HI/c1-12(2)6-5-9-20-17(19-3)21-11-15-22-16(23-24-15)13-7-4-8-14(18)10-13;/h4,7-8,10,12H,5-6,9,11H2,1-3H3,(H2,19,20,21);1H. The van der Waals surface area contributed by atoms with Gasteiger partial charge in [0.1, 0.15) is 0 Å². The van der Waals surface area contributed by atoms with Crippen molar-refractivity contribution in [2.24, 2.45) is 10.9 Å². The van der Waals surface area contributed by atoms with Crippen molar-refractivity contribution in [2.45, 2.75) is 33.2 Å². The van der Waals surface area contributed by atoms with Crippen LogP contribution in [-0.4, -0.2) is 29.7 Å². The molecule has 0 unspecified atom stereocenters. The van der Waals surface area contributed by atoms with Gasteiger partial charge in [-0.2, -0.15) is 4.98 Å². The quantitative estimate of drug-likeness (QED) is 0.272. The zero-order chi connectivity index (χ0) is 17.4. The van der Waals surface area contributed by atoms with E-state index in [4.69, 9.17) is 16.1 Å². The molecule has 2 N–H and O–H groups in total. The molecular formula is C17H25ClIN5O. The first-order valence-electron chi connectivity index (χ1n) is 8.11. The first kappa shape index (κ1) is 21.7. The SMILES string of the molecule is CN=C(NCCCC(C)C)NCc1nc(-c2cccc(Cl)c2)no1.I. The van der Waals surface area contributed by atoms with Crippen LogP contribution in [0.3, 0.4) is 0 Å². The molecule has 2 rings (SSSR count). The Morgan fingerprint density at radius 2 is 2.12 bits per heavy atom. The molecule has 0 fully saturated rings. The number of halogens is 2. The number of guanidine groups is 1. The van der Waals surface area contributed by atoms with E-state index in [0.717, 1.165) is 24.5 Å². The average molecular weight is 478 g/mol. The van der Waals surface area contributed by atoms with E-state index in [1.807, 2.05) is 18.2 Å². The highest BCUT2D eigenvalue weighted by Crippen LogP contribution is 2.19. The highest BCUT2D eigenvalue weighted by atomic mass is 127. The summed E-state index contributed by atoms with van der Waals surface area (Å²) >= 11 is 5.98. The Bertz CT molecular complexity index is 675. The number of rotatable bonds is 7. The van der Waals surface area contributed by atoms with Crippen molar-refractivity contribution in [3.8, 4) is 11.4 Å². The van der Waals surface area contributed by atoms with Gasteiger partial charge < -0.3 is 15.2 Å². The Morgan fingerprint density at radius 1 is 1.32 bits per heavy atom. The predicted molar refractivity (Wildman–Crippen MR) is 112 cm³/mol. The van der Waals surface area contributed by atoms with E-state index in [1.165, 1.54) is 6.42 Å². The minimum atomic E-state index is 0. The van der Waals surface area contributed by atoms with Gasteiger partial charge >= 0.3 is 0 Å². The van der Waals surface area contributed by atoms with Crippen LogP contribution in [0.25, 0.3) is 11.4 Å². The Kier molecular flexibility index (Phi) is 9.81. The largest absolute Gasteiger partial charge is 0.356 e. The Morgan fingerprint density at radius 3 is 2.80 bits per heavy atom. The maximum Gasteiger partial charge on any atom is 0.246 e. The van der Waals surface area contributed by atoms with Gasteiger partial charge in [-0.05, 0) is 30.9 Å². The lowest BCUT2D eigenvalue weighted by Crippen LogP contribution is -2.37. The number of benzene rings is 1. The number of hydrogen-bond donors (Lipinski definition) is 2. The van der Waals surface area contributed by atoms with Gasteiger partial charge in [-0.3, -0.25) is 4.99 Å². The minimum Gasteiger partial charge on any atom is -0.356 e. The molecule has 6 nitrogen and oxygen atoms in total. The molecule has 0 spiro atoms. The van der Waals surface area contributed by atoms with Gasteiger partial charge in [0.05, 0.1) is 6.54 Å². The summed E-state index contributed by atoms with van der Waals surface area (Å²) in [6.45, 7) is 5.74. The minimum absolute atomic E-state index is 0. The molecule has 1 aromatic heterocycles. The van der Waals surface area contributed by atoms with Crippen LogP contribution >= 0.6 is 35.6 Å². The number of aliphatic imine (C=N–C) groups is 1. The summed E-state index contributed by atoms with van der Waals surface area (Å²) in [6.07, 6.45) is 2.30. The van der Waals surface area contributed by atoms with E-state index < -0.39 is 0 Å². The topological polar surface area (TPSA) is 75.3 Å². The Labute approximate surface area is 170 Å². The lowest BCUT2D eigenvalue weighted by molar-refractivity contribution is 0.375. The maximum absolute atomic E-state index is 5.98. The van der Waals surface area contributed by atoms with Gasteiger partial charge in [0.2, 0.25) is 11.7 Å². The maximum atomic E-state index is 5.98. The molecule has 0 radical (unpaired) electrons. The zero-order valence-electron chi connectivity index (χ0n) is 14.8. The van der Waals surface area contributed by atoms with E-state index in [-0.39, 0.29) is 24.0 Å². The van der Waals surface area contributed by atoms with Crippen molar-refractivity contribution in [2.75, 3.05) is 13.6 Å². The Hall–Kier alpha value is -1.35. The first-order valence-corrected chi connectivity index (χ1v) is 8.49. The first-order chi connectivity index (χ1) is 11.6. The van der Waals surface area contributed by atoms with Crippen LogP contribution in [0.15, 0.2) is 33.8 Å². The third-order valence-electron chi connectivity index (χ3n) is 3.43. The van der Waals surface area contributed by atoms with Crippen molar-refractivity contribution in [1.82, 2.24) is 20.8 Å². The van der Waals surface area contributed by atoms with Crippen LogP contribution in [0.5, 0.6) is 0 Å². The lowest BCUT2D eigenvalue weighted by atomic mass is 10.1. The summed E-state index contributed by atoms with van der Waals surface area (Å²) < 4.78 is 5.26. The lowest BCUT2D eigenvalue weighted by Gasteiger charge is -2.10. The summed E-state index contributed by atoms with van der Waals surface area (Å²) in [5, 5.41) is 11.1. The van der Waals surface area contributed by atoms with Gasteiger partial charge in [-0.1, -0.05) is 42.7 Å². The summed E-state index contributed by atoms with van der Waals surface area (Å²) in [6, 6.07) is 7.36. The van der Waals surface area contributed by atoms with Gasteiger partial charge in [-0.15, -0.1) is 24.0 Å². The third kappa shape index (κ3) is 7.60. The van der Waals surface area contributed by atoms with Crippen LogP contribution in [-0.2, 0) is 6.54 Å². The highest BCUT2D eigenvalue weighted by Gasteiger charge is 2.09. The van der Waals surface area contributed by atoms with Crippen molar-refractivity contribution in [3.05, 3.63) is 35.2 Å². The van der Waals surface area contributed by atoms with Gasteiger partial charge in [0.25, 0.3) is 0 Å². The second-order valence-electron chi connectivity index (χ2n) is 5.91. The molecule has 0 atom stereocenters. The molecule has 25 heavy (non-hydrogen) atoms. The smallest absolute Gasteiger partial charge is 0.246 e. The monoisotopic (exact) mass is 477 g/mol. The van der Waals surface area contributed by atoms with E-state index in [0.29, 0.717) is 29.2 Å². The highest BCUT2D eigenvalue weighted by molar-refractivity contribution is 14.0. The van der Waals surface area contributed by atoms with Crippen molar-refractivity contribution >= 4 is 41.5 Å². The molecule has 2 aromatic rings. The molecule has 0 saturated heterocycles. The Balaban J connectivity index is 0.00000312. The van der Waals surface area contributed by atoms with E-state index in [2.05, 4.69) is 39.6 Å². The molecule has 0 saturated carbocycles. The fourth-order valence-corrected chi connectivity index (χ4v) is 2.36. The number of nitrogens with zero attached hydrogens (tertiary/aromatic N) is 3. The van der Waals surface area contributed by atoms with Crippen LogP contribution in [0.4, 0.5) is 0 Å². The van der Waals surface area contributed by atoms with Crippen molar-refractivity contribution in [3.63, 3.8) is 0 Å². The van der Waals surface area contributed by atoms with Crippen LogP contribution in [0, 0.1) is 5.92 Å². The molecule has 0 aliphatic carbocycles. The van der Waals surface area contributed by atoms with Gasteiger partial charge in [0, 0.05) is 24.2 Å². The molecular weight excluding hydrogens is 453 g/mol. The summed E-state index contributed by atoms with van der Waals surface area (Å²) in [4.78, 5) is 8.55. The fourth-order valence-electron chi connectivity index (χ4n) is 2.17. The van der Waals surface area contributed by atoms with Crippen LogP contribution in [0.1, 0.15) is 32.6 Å². The zero-order valence-corrected chi connectivity index (χ0v) is 17.8. The fraction of sp³-hybridized carbons (Fsp3) is 0.471. The summed E-state index contributed by atoms with van der Waals surface area (Å²) in [5.41, 5.74) is 0.827. The number of nitrogens with one attached hydrogen (secondary N) is 2. The van der Waals surface area contributed by atoms with Gasteiger partial charge in [0.15, 0.2) is 5.96 Å². The van der Waals surface area contributed by atoms with Gasteiger partial charge in [-0.25, -0.2) is 0 Å². The molecule has 0 aliphatic heterocycles. The van der Waals surface area contributed by atoms with E-state index >= 15 is 0 Å².